The van der Waals surface area contributed by atoms with Crippen LogP contribution in [0.15, 0.2) is 0 Å². The Morgan fingerprint density at radius 3 is 2.65 bits per heavy atom. The van der Waals surface area contributed by atoms with Gasteiger partial charge in [0, 0.05) is 12.1 Å². The van der Waals surface area contributed by atoms with Gasteiger partial charge in [-0.25, -0.2) is 5.84 Å². The highest BCUT2D eigenvalue weighted by Crippen LogP contribution is 2.32. The van der Waals surface area contributed by atoms with Gasteiger partial charge in [-0.3, -0.25) is 5.43 Å². The number of hydrazine groups is 1. The van der Waals surface area contributed by atoms with Gasteiger partial charge in [0.1, 0.15) is 0 Å². The molecule has 17 heavy (non-hydrogen) atoms. The lowest BCUT2D eigenvalue weighted by Gasteiger charge is -2.31. The van der Waals surface area contributed by atoms with Crippen molar-refractivity contribution in [3.63, 3.8) is 0 Å². The number of hydrogen-bond donors (Lipinski definition) is 2. The lowest BCUT2D eigenvalue weighted by molar-refractivity contribution is 0.377. The molecular weight excluding hydrogens is 220 g/mol. The smallest absolute Gasteiger partial charge is 0.322 e. The van der Waals surface area contributed by atoms with E-state index in [4.69, 9.17) is 10.6 Å². The summed E-state index contributed by atoms with van der Waals surface area (Å²) < 4.78 is 5.04. The normalized spacial score (nSPS) is 18.2. The molecule has 0 radical (unpaired) electrons. The molecule has 0 bridgehead atoms. The van der Waals surface area contributed by atoms with Gasteiger partial charge in [0.2, 0.25) is 11.9 Å². The van der Waals surface area contributed by atoms with Crippen LogP contribution in [0.3, 0.4) is 0 Å². The van der Waals surface area contributed by atoms with Crippen molar-refractivity contribution in [1.82, 2.24) is 15.0 Å². The van der Waals surface area contributed by atoms with Gasteiger partial charge in [-0.05, 0) is 26.7 Å². The molecule has 0 unspecified atom stereocenters. The first-order valence-electron chi connectivity index (χ1n) is 5.61. The third-order valence-electron chi connectivity index (χ3n) is 3.06. The lowest BCUT2D eigenvalue weighted by atomic mass is 10.0. The molecule has 0 atom stereocenters. The topological polar surface area (TPSA) is 89.2 Å². The highest BCUT2D eigenvalue weighted by atomic mass is 16.5. The van der Waals surface area contributed by atoms with Crippen LogP contribution in [0, 0.1) is 0 Å². The molecule has 1 aliphatic rings. The fourth-order valence-electron chi connectivity index (χ4n) is 2.10. The fraction of sp³-hybridized carbons (Fsp3) is 0.700. The fourth-order valence-corrected chi connectivity index (χ4v) is 2.10. The molecule has 0 aliphatic carbocycles. The molecule has 2 rings (SSSR count). The van der Waals surface area contributed by atoms with Gasteiger partial charge in [-0.2, -0.15) is 15.0 Å². The summed E-state index contributed by atoms with van der Waals surface area (Å²) in [5.41, 5.74) is 2.48. The largest absolute Gasteiger partial charge is 0.467 e. The van der Waals surface area contributed by atoms with Crippen LogP contribution in [0.25, 0.3) is 0 Å². The van der Waals surface area contributed by atoms with Crippen LogP contribution in [0.2, 0.25) is 0 Å². The second-order valence-corrected chi connectivity index (χ2v) is 4.66. The molecule has 3 N–H and O–H groups in total. The highest BCUT2D eigenvalue weighted by Gasteiger charge is 2.34. The van der Waals surface area contributed by atoms with Crippen molar-refractivity contribution in [3.8, 4) is 6.01 Å². The van der Waals surface area contributed by atoms with Gasteiger partial charge in [0.15, 0.2) is 0 Å². The first kappa shape index (κ1) is 11.8. The summed E-state index contributed by atoms with van der Waals surface area (Å²) in [5.74, 6) is 6.25. The van der Waals surface area contributed by atoms with Crippen molar-refractivity contribution < 1.29 is 4.74 Å². The molecule has 7 heteroatoms. The molecular formula is C10H18N6O. The summed E-state index contributed by atoms with van der Waals surface area (Å²) in [4.78, 5) is 14.7. The van der Waals surface area contributed by atoms with E-state index in [9.17, 15) is 0 Å². The van der Waals surface area contributed by atoms with E-state index in [1.54, 1.807) is 0 Å². The number of nitrogen functional groups attached to an aromatic ring is 1. The Labute approximate surface area is 100 Å². The summed E-state index contributed by atoms with van der Waals surface area (Å²) >= 11 is 0. The number of nitrogens with zero attached hydrogens (tertiary/aromatic N) is 4. The second-order valence-electron chi connectivity index (χ2n) is 4.66. The minimum Gasteiger partial charge on any atom is -0.467 e. The Morgan fingerprint density at radius 2 is 2.12 bits per heavy atom. The third kappa shape index (κ3) is 2.23. The van der Waals surface area contributed by atoms with Crippen molar-refractivity contribution in [1.29, 1.82) is 0 Å². The van der Waals surface area contributed by atoms with Crippen molar-refractivity contribution in [2.75, 3.05) is 24.0 Å². The minimum atomic E-state index is 0.0538. The summed E-state index contributed by atoms with van der Waals surface area (Å²) in [6.07, 6.45) is 2.25. The van der Waals surface area contributed by atoms with E-state index in [1.807, 2.05) is 0 Å². The maximum absolute atomic E-state index is 5.33. The first-order chi connectivity index (χ1) is 8.06. The molecule has 0 spiro atoms. The second kappa shape index (κ2) is 4.33. The van der Waals surface area contributed by atoms with Crippen LogP contribution < -0.4 is 20.9 Å². The Bertz CT molecular complexity index is 386. The van der Waals surface area contributed by atoms with Crippen LogP contribution in [0.4, 0.5) is 11.9 Å². The van der Waals surface area contributed by atoms with E-state index in [-0.39, 0.29) is 11.5 Å². The lowest BCUT2D eigenvalue weighted by Crippen LogP contribution is -2.39. The van der Waals surface area contributed by atoms with Gasteiger partial charge in [0.05, 0.1) is 7.11 Å². The van der Waals surface area contributed by atoms with Crippen LogP contribution in [0.1, 0.15) is 26.7 Å². The molecule has 7 nitrogen and oxygen atoms in total. The van der Waals surface area contributed by atoms with Crippen molar-refractivity contribution in [2.45, 2.75) is 32.2 Å². The monoisotopic (exact) mass is 238 g/mol. The number of rotatable bonds is 3. The van der Waals surface area contributed by atoms with Gasteiger partial charge in [-0.15, -0.1) is 0 Å². The zero-order valence-electron chi connectivity index (χ0n) is 10.4. The standard InChI is InChI=1S/C10H18N6O/c1-10(2)5-4-6-16(10)8-12-7(15-11)13-9(14-8)17-3/h4-6,11H2,1-3H3,(H,12,13,14,15). The summed E-state index contributed by atoms with van der Waals surface area (Å²) in [6, 6.07) is 0.269. The van der Waals surface area contributed by atoms with Gasteiger partial charge < -0.3 is 9.64 Å². The van der Waals surface area contributed by atoms with Crippen molar-refractivity contribution in [3.05, 3.63) is 0 Å². The molecule has 2 heterocycles. The van der Waals surface area contributed by atoms with Crippen molar-refractivity contribution >= 4 is 11.9 Å². The molecule has 1 aromatic heterocycles. The molecule has 1 fully saturated rings. The van der Waals surface area contributed by atoms with Gasteiger partial charge in [0.25, 0.3) is 0 Å². The molecule has 0 amide bonds. The summed E-state index contributed by atoms with van der Waals surface area (Å²) in [7, 11) is 1.52. The Kier molecular flexibility index (Phi) is 3.01. The van der Waals surface area contributed by atoms with Crippen LogP contribution >= 0.6 is 0 Å². The Morgan fingerprint density at radius 1 is 1.35 bits per heavy atom. The predicted octanol–water partition coefficient (Wildman–Crippen LogP) is 0.545. The highest BCUT2D eigenvalue weighted by molar-refractivity contribution is 5.41. The number of anilines is 2. The van der Waals surface area contributed by atoms with E-state index in [0.717, 1.165) is 19.4 Å². The van der Waals surface area contributed by atoms with E-state index >= 15 is 0 Å². The van der Waals surface area contributed by atoms with E-state index in [1.165, 1.54) is 7.11 Å². The zero-order valence-corrected chi connectivity index (χ0v) is 10.4. The Hall–Kier alpha value is -1.63. The summed E-state index contributed by atoms with van der Waals surface area (Å²) in [5, 5.41) is 0. The first-order valence-corrected chi connectivity index (χ1v) is 5.61. The average molecular weight is 238 g/mol. The van der Waals surface area contributed by atoms with Crippen LogP contribution in [-0.4, -0.2) is 34.1 Å². The van der Waals surface area contributed by atoms with Crippen LogP contribution in [0.5, 0.6) is 6.01 Å². The average Bonchev–Trinajstić information content (AvgIpc) is 2.68. The maximum atomic E-state index is 5.33. The summed E-state index contributed by atoms with van der Waals surface area (Å²) in [6.45, 7) is 5.28. The maximum Gasteiger partial charge on any atom is 0.322 e. The van der Waals surface area contributed by atoms with E-state index < -0.39 is 0 Å². The number of aromatic nitrogens is 3. The van der Waals surface area contributed by atoms with Crippen molar-refractivity contribution in [2.24, 2.45) is 5.84 Å². The number of ether oxygens (including phenoxy) is 1. The Balaban J connectivity index is 2.37. The van der Waals surface area contributed by atoms with Gasteiger partial charge in [-0.1, -0.05) is 0 Å². The number of nitrogens with one attached hydrogen (secondary N) is 1. The van der Waals surface area contributed by atoms with E-state index in [0.29, 0.717) is 11.9 Å². The number of methoxy groups -OCH3 is 1. The number of nitrogens with two attached hydrogens (primary N) is 1. The van der Waals surface area contributed by atoms with Crippen LogP contribution in [-0.2, 0) is 0 Å². The molecule has 1 saturated heterocycles. The minimum absolute atomic E-state index is 0.0538. The predicted molar refractivity (Wildman–Crippen MR) is 64.8 cm³/mol. The molecule has 94 valence electrons. The quantitative estimate of drug-likeness (QED) is 0.587. The zero-order chi connectivity index (χ0) is 12.5. The van der Waals surface area contributed by atoms with Gasteiger partial charge >= 0.3 is 6.01 Å². The van der Waals surface area contributed by atoms with E-state index in [2.05, 4.69) is 39.1 Å². The molecule has 1 aliphatic heterocycles. The molecule has 1 aromatic rings. The number of hydrogen-bond acceptors (Lipinski definition) is 7. The third-order valence-corrected chi connectivity index (χ3v) is 3.06. The molecule has 0 saturated carbocycles. The molecule has 0 aromatic carbocycles. The SMILES string of the molecule is COc1nc(NN)nc(N2CCCC2(C)C)n1.